The Balaban J connectivity index is 2.47. The summed E-state index contributed by atoms with van der Waals surface area (Å²) in [6.45, 7) is 0. The molecule has 0 radical (unpaired) electrons. The molecule has 0 bridgehead atoms. The highest BCUT2D eigenvalue weighted by Gasteiger charge is 1.96. The van der Waals surface area contributed by atoms with Crippen molar-refractivity contribution < 1.29 is 4.79 Å². The topological polar surface area (TPSA) is 34.9 Å². The molecule has 1 aromatic heterocycles. The van der Waals surface area contributed by atoms with Crippen molar-refractivity contribution in [2.45, 2.75) is 0 Å². The van der Waals surface area contributed by atoms with E-state index in [4.69, 9.17) is 0 Å². The van der Waals surface area contributed by atoms with E-state index in [9.17, 15) is 4.79 Å². The number of aldehydes is 1. The van der Waals surface area contributed by atoms with Crippen LogP contribution in [0, 0.1) is 0 Å². The lowest BCUT2D eigenvalue weighted by Gasteiger charge is -2.00. The van der Waals surface area contributed by atoms with Crippen LogP contribution in [-0.4, -0.2) is 16.1 Å². The molecular weight excluding hydrogens is 164 g/mol. The number of carbonyl (C=O) groups excluding carboxylic acids is 1. The van der Waals surface area contributed by atoms with E-state index in [1.165, 1.54) is 0 Å². The first-order chi connectivity index (χ1) is 6.40. The summed E-state index contributed by atoms with van der Waals surface area (Å²) in [5.41, 5.74) is 1.56. The fraction of sp³-hybridized carbons (Fsp3) is 0. The summed E-state index contributed by atoms with van der Waals surface area (Å²) in [5, 5.41) is 4.06. The molecule has 0 saturated carbocycles. The van der Waals surface area contributed by atoms with Gasteiger partial charge < -0.3 is 0 Å². The summed E-state index contributed by atoms with van der Waals surface area (Å²) in [6.07, 6.45) is 4.37. The number of aromatic nitrogens is 2. The van der Waals surface area contributed by atoms with Gasteiger partial charge in [-0.05, 0) is 18.2 Å². The summed E-state index contributed by atoms with van der Waals surface area (Å²) in [4.78, 5) is 10.5. The van der Waals surface area contributed by atoms with Crippen LogP contribution in [0.15, 0.2) is 42.7 Å². The molecule has 0 saturated heterocycles. The fourth-order valence-corrected chi connectivity index (χ4v) is 1.16. The zero-order chi connectivity index (χ0) is 9.10. The molecule has 0 unspecified atom stereocenters. The van der Waals surface area contributed by atoms with E-state index in [2.05, 4.69) is 5.10 Å². The first-order valence-corrected chi connectivity index (χ1v) is 3.95. The van der Waals surface area contributed by atoms with Gasteiger partial charge in [-0.1, -0.05) is 12.1 Å². The minimum absolute atomic E-state index is 0.660. The van der Waals surface area contributed by atoms with Crippen molar-refractivity contribution in [2.24, 2.45) is 0 Å². The van der Waals surface area contributed by atoms with Crippen LogP contribution in [0.1, 0.15) is 10.4 Å². The molecule has 13 heavy (non-hydrogen) atoms. The summed E-state index contributed by atoms with van der Waals surface area (Å²) in [6, 6.07) is 9.13. The molecule has 0 aliphatic heterocycles. The number of nitrogens with zero attached hydrogens (tertiary/aromatic N) is 2. The number of carbonyl (C=O) groups is 1. The van der Waals surface area contributed by atoms with Crippen molar-refractivity contribution in [3.05, 3.63) is 48.3 Å². The molecule has 1 aromatic carbocycles. The highest BCUT2D eigenvalue weighted by atomic mass is 16.1. The highest BCUT2D eigenvalue weighted by molar-refractivity contribution is 5.75. The number of rotatable bonds is 2. The van der Waals surface area contributed by atoms with Crippen molar-refractivity contribution in [1.29, 1.82) is 0 Å². The molecule has 3 heteroatoms. The molecule has 2 aromatic rings. The number of benzene rings is 1. The molecule has 0 aliphatic carbocycles. The SMILES string of the molecule is O=Cc1cccc(-n2cccn2)c1. The Morgan fingerprint density at radius 3 is 2.92 bits per heavy atom. The maximum absolute atomic E-state index is 10.5. The van der Waals surface area contributed by atoms with Gasteiger partial charge in [0.25, 0.3) is 0 Å². The normalized spacial score (nSPS) is 9.85. The van der Waals surface area contributed by atoms with Crippen molar-refractivity contribution in [1.82, 2.24) is 9.78 Å². The minimum atomic E-state index is 0.660. The molecular formula is C10H8N2O. The lowest BCUT2D eigenvalue weighted by Crippen LogP contribution is -1.94. The third-order valence-corrected chi connectivity index (χ3v) is 1.78. The molecule has 3 nitrogen and oxygen atoms in total. The van der Waals surface area contributed by atoms with E-state index in [-0.39, 0.29) is 0 Å². The third-order valence-electron chi connectivity index (χ3n) is 1.78. The Bertz CT molecular complexity index is 407. The van der Waals surface area contributed by atoms with Gasteiger partial charge in [-0.3, -0.25) is 4.79 Å². The molecule has 0 N–H and O–H groups in total. The van der Waals surface area contributed by atoms with E-state index in [0.717, 1.165) is 12.0 Å². The van der Waals surface area contributed by atoms with Gasteiger partial charge in [0.15, 0.2) is 0 Å². The van der Waals surface area contributed by atoms with Crippen molar-refractivity contribution in [3.63, 3.8) is 0 Å². The van der Waals surface area contributed by atoms with Gasteiger partial charge in [-0.2, -0.15) is 5.10 Å². The Morgan fingerprint density at radius 2 is 2.23 bits per heavy atom. The van der Waals surface area contributed by atoms with Gasteiger partial charge in [-0.15, -0.1) is 0 Å². The van der Waals surface area contributed by atoms with Crippen LogP contribution in [-0.2, 0) is 0 Å². The molecule has 1 heterocycles. The van der Waals surface area contributed by atoms with Gasteiger partial charge in [0, 0.05) is 18.0 Å². The zero-order valence-corrected chi connectivity index (χ0v) is 6.92. The lowest BCUT2D eigenvalue weighted by molar-refractivity contribution is 0.112. The molecule has 64 valence electrons. The average molecular weight is 172 g/mol. The molecule has 0 atom stereocenters. The molecule has 2 rings (SSSR count). The first kappa shape index (κ1) is 7.73. The van der Waals surface area contributed by atoms with Gasteiger partial charge in [0.1, 0.15) is 6.29 Å². The van der Waals surface area contributed by atoms with Crippen LogP contribution in [0.3, 0.4) is 0 Å². The van der Waals surface area contributed by atoms with Crippen LogP contribution in [0.2, 0.25) is 0 Å². The van der Waals surface area contributed by atoms with E-state index in [1.54, 1.807) is 23.0 Å². The largest absolute Gasteiger partial charge is 0.298 e. The molecule has 0 fully saturated rings. The Kier molecular flexibility index (Phi) is 1.92. The minimum Gasteiger partial charge on any atom is -0.298 e. The van der Waals surface area contributed by atoms with Crippen LogP contribution in [0.4, 0.5) is 0 Å². The number of hydrogen-bond acceptors (Lipinski definition) is 2. The van der Waals surface area contributed by atoms with Crippen LogP contribution < -0.4 is 0 Å². The summed E-state index contributed by atoms with van der Waals surface area (Å²) in [5.74, 6) is 0. The second kappa shape index (κ2) is 3.23. The predicted octanol–water partition coefficient (Wildman–Crippen LogP) is 1.68. The maximum Gasteiger partial charge on any atom is 0.150 e. The second-order valence-corrected chi connectivity index (χ2v) is 2.66. The third kappa shape index (κ3) is 1.49. The van der Waals surface area contributed by atoms with Gasteiger partial charge in [-0.25, -0.2) is 4.68 Å². The van der Waals surface area contributed by atoms with E-state index < -0.39 is 0 Å². The standard InChI is InChI=1S/C10H8N2O/c13-8-9-3-1-4-10(7-9)12-6-2-5-11-12/h1-8H. The highest BCUT2D eigenvalue weighted by Crippen LogP contribution is 2.07. The van der Waals surface area contributed by atoms with Gasteiger partial charge in [0.2, 0.25) is 0 Å². The van der Waals surface area contributed by atoms with Crippen molar-refractivity contribution in [3.8, 4) is 5.69 Å². The monoisotopic (exact) mass is 172 g/mol. The average Bonchev–Trinajstić information content (AvgIpc) is 2.71. The Hall–Kier alpha value is -1.90. The Labute approximate surface area is 75.6 Å². The van der Waals surface area contributed by atoms with E-state index in [1.807, 2.05) is 24.4 Å². The number of hydrogen-bond donors (Lipinski definition) is 0. The first-order valence-electron chi connectivity index (χ1n) is 3.95. The van der Waals surface area contributed by atoms with Crippen molar-refractivity contribution >= 4 is 6.29 Å². The van der Waals surface area contributed by atoms with E-state index >= 15 is 0 Å². The van der Waals surface area contributed by atoms with Gasteiger partial charge >= 0.3 is 0 Å². The zero-order valence-electron chi connectivity index (χ0n) is 6.92. The maximum atomic E-state index is 10.5. The summed E-state index contributed by atoms with van der Waals surface area (Å²) in [7, 11) is 0. The van der Waals surface area contributed by atoms with Gasteiger partial charge in [0.05, 0.1) is 5.69 Å². The molecule has 0 aliphatic rings. The van der Waals surface area contributed by atoms with Crippen LogP contribution in [0.25, 0.3) is 5.69 Å². The van der Waals surface area contributed by atoms with Crippen molar-refractivity contribution in [2.75, 3.05) is 0 Å². The smallest absolute Gasteiger partial charge is 0.150 e. The summed E-state index contributed by atoms with van der Waals surface area (Å²) >= 11 is 0. The second-order valence-electron chi connectivity index (χ2n) is 2.66. The predicted molar refractivity (Wildman–Crippen MR) is 49.0 cm³/mol. The lowest BCUT2D eigenvalue weighted by atomic mass is 10.2. The molecule has 0 spiro atoms. The molecule has 0 amide bonds. The van der Waals surface area contributed by atoms with Crippen LogP contribution in [0.5, 0.6) is 0 Å². The van der Waals surface area contributed by atoms with Crippen LogP contribution >= 0.6 is 0 Å². The summed E-state index contributed by atoms with van der Waals surface area (Å²) < 4.78 is 1.72. The Morgan fingerprint density at radius 1 is 1.31 bits per heavy atom. The quantitative estimate of drug-likeness (QED) is 0.646. The van der Waals surface area contributed by atoms with E-state index in [0.29, 0.717) is 5.56 Å². The fourth-order valence-electron chi connectivity index (χ4n) is 1.16.